The van der Waals surface area contributed by atoms with Crippen LogP contribution in [0, 0.1) is 18.3 Å². The Kier molecular flexibility index (Phi) is 8.80. The van der Waals surface area contributed by atoms with Gasteiger partial charge < -0.3 is 24.4 Å². The normalized spacial score (nSPS) is 15.6. The monoisotopic (exact) mass is 512 g/mol. The minimum Gasteiger partial charge on any atom is -0.496 e. The number of hydrogen-bond acceptors (Lipinski definition) is 8. The lowest BCUT2D eigenvalue weighted by molar-refractivity contribution is -0.116. The number of amides is 2. The molecule has 10 heteroatoms. The molecule has 1 saturated heterocycles. The molecule has 2 aliphatic rings. The van der Waals surface area contributed by atoms with Gasteiger partial charge in [0.1, 0.15) is 23.4 Å². The highest BCUT2D eigenvalue weighted by Gasteiger charge is 2.28. The molecule has 1 aromatic heterocycles. The van der Waals surface area contributed by atoms with Gasteiger partial charge in [-0.2, -0.15) is 5.26 Å². The molecular weight excluding hydrogens is 480 g/mol. The molecule has 9 nitrogen and oxygen atoms in total. The summed E-state index contributed by atoms with van der Waals surface area (Å²) in [6.45, 7) is 7.01. The third-order valence-electron chi connectivity index (χ3n) is 6.47. The fraction of sp³-hybridized carbons (Fsp3) is 0.500. The van der Waals surface area contributed by atoms with Gasteiger partial charge in [0.2, 0.25) is 5.91 Å². The molecule has 0 atom stereocenters. The Morgan fingerprint density at radius 2 is 2.06 bits per heavy atom. The van der Waals surface area contributed by atoms with Crippen LogP contribution in [0.15, 0.2) is 18.2 Å². The Bertz CT molecular complexity index is 1140. The van der Waals surface area contributed by atoms with E-state index in [4.69, 9.17) is 14.2 Å². The van der Waals surface area contributed by atoms with Gasteiger partial charge in [-0.1, -0.05) is 17.7 Å². The molecule has 3 heterocycles. The largest absolute Gasteiger partial charge is 0.496 e. The molecule has 1 aromatic carbocycles. The second-order valence-corrected chi connectivity index (χ2v) is 10.0. The summed E-state index contributed by atoms with van der Waals surface area (Å²) in [5.74, 6) is 0.600. The lowest BCUT2D eigenvalue weighted by Gasteiger charge is -2.28. The number of nitrogens with zero attached hydrogens (tertiary/aromatic N) is 3. The van der Waals surface area contributed by atoms with Gasteiger partial charge >= 0.3 is 6.09 Å². The number of carbonyl (C=O) groups is 2. The van der Waals surface area contributed by atoms with E-state index < -0.39 is 0 Å². The van der Waals surface area contributed by atoms with Gasteiger partial charge in [-0.05, 0) is 37.0 Å². The van der Waals surface area contributed by atoms with Crippen molar-refractivity contribution in [2.24, 2.45) is 0 Å². The standard InChI is InChI=1S/C26H32N4O5S/c1-18-3-5-22(33-2)19(15-18)4-6-24(31)28-25-21(16-27)20-7-8-30(17-23(20)36-25)26(32)35-14-11-29-9-12-34-13-10-29/h3,5,15H,4,6-14,17H2,1-2H3,(H,28,31). The number of benzene rings is 1. The molecule has 0 bridgehead atoms. The molecule has 192 valence electrons. The van der Waals surface area contributed by atoms with E-state index in [9.17, 15) is 14.9 Å². The van der Waals surface area contributed by atoms with Crippen LogP contribution in [0.4, 0.5) is 9.80 Å². The zero-order valence-corrected chi connectivity index (χ0v) is 21.6. The van der Waals surface area contributed by atoms with E-state index >= 15 is 0 Å². The van der Waals surface area contributed by atoms with Crippen LogP contribution >= 0.6 is 11.3 Å². The molecule has 0 radical (unpaired) electrons. The number of fused-ring (bicyclic) bond motifs is 1. The molecule has 0 saturated carbocycles. The second kappa shape index (κ2) is 12.2. The Hall–Kier alpha value is -3.13. The van der Waals surface area contributed by atoms with E-state index in [-0.39, 0.29) is 18.4 Å². The predicted molar refractivity (Wildman–Crippen MR) is 136 cm³/mol. The molecule has 2 aliphatic heterocycles. The fourth-order valence-corrected chi connectivity index (χ4v) is 5.71. The van der Waals surface area contributed by atoms with Crippen molar-refractivity contribution >= 4 is 28.3 Å². The Morgan fingerprint density at radius 3 is 2.81 bits per heavy atom. The minimum atomic E-state index is -0.349. The third-order valence-corrected chi connectivity index (χ3v) is 7.61. The van der Waals surface area contributed by atoms with Crippen molar-refractivity contribution in [2.45, 2.75) is 32.7 Å². The van der Waals surface area contributed by atoms with Gasteiger partial charge in [0.05, 0.1) is 32.4 Å². The summed E-state index contributed by atoms with van der Waals surface area (Å²) in [5.41, 5.74) is 3.49. The summed E-state index contributed by atoms with van der Waals surface area (Å²) in [6, 6.07) is 8.15. The fourth-order valence-electron chi connectivity index (χ4n) is 4.48. The molecule has 0 aliphatic carbocycles. The Morgan fingerprint density at radius 1 is 1.25 bits per heavy atom. The molecule has 1 N–H and O–H groups in total. The van der Waals surface area contributed by atoms with Crippen LogP contribution in [-0.4, -0.2) is 74.9 Å². The number of anilines is 1. The maximum Gasteiger partial charge on any atom is 0.410 e. The van der Waals surface area contributed by atoms with Crippen molar-refractivity contribution in [3.63, 3.8) is 0 Å². The summed E-state index contributed by atoms with van der Waals surface area (Å²) in [6.07, 6.45) is 1.02. The van der Waals surface area contributed by atoms with Crippen molar-refractivity contribution in [2.75, 3.05) is 58.4 Å². The first-order valence-corrected chi connectivity index (χ1v) is 13.0. The Labute approximate surface area is 215 Å². The van der Waals surface area contributed by atoms with Crippen molar-refractivity contribution in [1.82, 2.24) is 9.80 Å². The first-order chi connectivity index (χ1) is 17.5. The molecule has 2 aromatic rings. The van der Waals surface area contributed by atoms with Crippen molar-refractivity contribution < 1.29 is 23.8 Å². The summed E-state index contributed by atoms with van der Waals surface area (Å²) in [5, 5.41) is 13.2. The highest BCUT2D eigenvalue weighted by molar-refractivity contribution is 7.16. The van der Waals surface area contributed by atoms with Crippen molar-refractivity contribution in [1.29, 1.82) is 5.26 Å². The number of morpholine rings is 1. The molecule has 0 unspecified atom stereocenters. The van der Waals surface area contributed by atoms with Gasteiger partial charge in [-0.3, -0.25) is 9.69 Å². The number of carbonyl (C=O) groups excluding carboxylic acids is 2. The van der Waals surface area contributed by atoms with Gasteiger partial charge in [0, 0.05) is 37.5 Å². The van der Waals surface area contributed by atoms with E-state index in [2.05, 4.69) is 16.3 Å². The van der Waals surface area contributed by atoms with Crippen molar-refractivity contribution in [3.8, 4) is 11.8 Å². The number of aryl methyl sites for hydroxylation is 2. The van der Waals surface area contributed by atoms with E-state index in [1.165, 1.54) is 11.3 Å². The van der Waals surface area contributed by atoms with Crippen molar-refractivity contribution in [3.05, 3.63) is 45.3 Å². The number of thiophene rings is 1. The highest BCUT2D eigenvalue weighted by atomic mass is 32.1. The highest BCUT2D eigenvalue weighted by Crippen LogP contribution is 2.37. The lowest BCUT2D eigenvalue weighted by atomic mass is 10.0. The summed E-state index contributed by atoms with van der Waals surface area (Å²) in [7, 11) is 1.62. The summed E-state index contributed by atoms with van der Waals surface area (Å²) in [4.78, 5) is 30.1. The maximum atomic E-state index is 12.7. The number of hydrogen-bond donors (Lipinski definition) is 1. The van der Waals surface area contributed by atoms with Crippen LogP contribution in [0.3, 0.4) is 0 Å². The average molecular weight is 513 g/mol. The number of nitriles is 1. The third kappa shape index (κ3) is 6.35. The van der Waals surface area contributed by atoms with Gasteiger partial charge in [0.25, 0.3) is 0 Å². The number of nitrogens with one attached hydrogen (secondary N) is 1. The summed E-state index contributed by atoms with van der Waals surface area (Å²) >= 11 is 1.36. The van der Waals surface area contributed by atoms with Crippen LogP contribution in [0.25, 0.3) is 0 Å². The van der Waals surface area contributed by atoms with E-state index in [1.54, 1.807) is 12.0 Å². The van der Waals surface area contributed by atoms with E-state index in [0.717, 1.165) is 40.4 Å². The summed E-state index contributed by atoms with van der Waals surface area (Å²) < 4.78 is 16.2. The van der Waals surface area contributed by atoms with E-state index in [0.29, 0.717) is 62.9 Å². The van der Waals surface area contributed by atoms with Crippen LogP contribution in [0.5, 0.6) is 5.75 Å². The topological polar surface area (TPSA) is 104 Å². The van der Waals surface area contributed by atoms with Crippen LogP contribution in [0.2, 0.25) is 0 Å². The minimum absolute atomic E-state index is 0.159. The molecular formula is C26H32N4O5S. The number of rotatable bonds is 8. The second-order valence-electron chi connectivity index (χ2n) is 8.92. The zero-order valence-electron chi connectivity index (χ0n) is 20.8. The van der Waals surface area contributed by atoms with Gasteiger partial charge in [0.15, 0.2) is 0 Å². The smallest absolute Gasteiger partial charge is 0.410 e. The lowest BCUT2D eigenvalue weighted by Crippen LogP contribution is -2.40. The first-order valence-electron chi connectivity index (χ1n) is 12.2. The average Bonchev–Trinajstić information content (AvgIpc) is 3.24. The Balaban J connectivity index is 1.32. The van der Waals surface area contributed by atoms with Crippen LogP contribution in [0.1, 0.15) is 33.6 Å². The van der Waals surface area contributed by atoms with E-state index in [1.807, 2.05) is 25.1 Å². The molecule has 1 fully saturated rings. The SMILES string of the molecule is COc1ccc(C)cc1CCC(=O)Nc1sc2c(c1C#N)CCN(C(=O)OCCN1CCOCC1)C2. The van der Waals surface area contributed by atoms with Gasteiger partial charge in [-0.25, -0.2) is 4.79 Å². The van der Waals surface area contributed by atoms with Crippen LogP contribution < -0.4 is 10.1 Å². The van der Waals surface area contributed by atoms with Crippen LogP contribution in [-0.2, 0) is 33.7 Å². The maximum absolute atomic E-state index is 12.7. The zero-order chi connectivity index (χ0) is 25.5. The molecule has 0 spiro atoms. The number of methoxy groups -OCH3 is 1. The molecule has 2 amide bonds. The molecule has 4 rings (SSSR count). The van der Waals surface area contributed by atoms with Gasteiger partial charge in [-0.15, -0.1) is 11.3 Å². The first kappa shape index (κ1) is 25.9. The molecule has 36 heavy (non-hydrogen) atoms. The quantitative estimate of drug-likeness (QED) is 0.579. The number of ether oxygens (including phenoxy) is 3. The predicted octanol–water partition coefficient (Wildman–Crippen LogP) is 3.34.